The largest absolute Gasteiger partial charge is 0.382 e. The van der Waals surface area contributed by atoms with Crippen LogP contribution in [0, 0.1) is 11.2 Å². The van der Waals surface area contributed by atoms with Crippen LogP contribution in [0.5, 0.6) is 0 Å². The van der Waals surface area contributed by atoms with Crippen molar-refractivity contribution < 1.29 is 18.8 Å². The Morgan fingerprint density at radius 3 is 2.39 bits per heavy atom. The minimum absolute atomic E-state index is 0.0163. The molecule has 1 saturated carbocycles. The normalized spacial score (nSPS) is 20.3. The zero-order valence-electron chi connectivity index (χ0n) is 23.9. The van der Waals surface area contributed by atoms with Crippen LogP contribution in [-0.2, 0) is 11.2 Å². The monoisotopic (exact) mass is 561 g/mol. The number of nitrogens with one attached hydrogen (secondary N) is 2. The average molecular weight is 562 g/mol. The molecule has 2 fully saturated rings. The number of hydrogen-bond donors (Lipinski definition) is 4. The molecule has 1 aromatic heterocycles. The number of carbonyl (C=O) groups is 3. The van der Waals surface area contributed by atoms with Crippen LogP contribution in [0.4, 0.5) is 10.1 Å². The molecule has 2 aromatic carbocycles. The predicted molar refractivity (Wildman–Crippen MR) is 159 cm³/mol. The van der Waals surface area contributed by atoms with E-state index >= 15 is 0 Å². The molecular formula is C32H40FN5O3. The van der Waals surface area contributed by atoms with Crippen LogP contribution in [0.25, 0.3) is 22.0 Å². The van der Waals surface area contributed by atoms with Crippen molar-refractivity contribution in [2.75, 3.05) is 11.9 Å². The Labute approximate surface area is 240 Å². The maximum absolute atomic E-state index is 14.2. The van der Waals surface area contributed by atoms with Gasteiger partial charge in [-0.15, -0.1) is 0 Å². The van der Waals surface area contributed by atoms with Crippen molar-refractivity contribution in [1.29, 1.82) is 0 Å². The van der Waals surface area contributed by atoms with E-state index in [0.29, 0.717) is 30.0 Å². The van der Waals surface area contributed by atoms with Gasteiger partial charge in [-0.3, -0.25) is 19.0 Å². The number of carbonyl (C=O) groups excluding carboxylic acids is 3. The van der Waals surface area contributed by atoms with Gasteiger partial charge in [0, 0.05) is 34.8 Å². The molecule has 8 nitrogen and oxygen atoms in total. The summed E-state index contributed by atoms with van der Waals surface area (Å²) in [7, 11) is 0. The number of primary amides is 2. The molecule has 2 amide bonds. The van der Waals surface area contributed by atoms with Crippen molar-refractivity contribution in [2.24, 2.45) is 16.9 Å². The van der Waals surface area contributed by atoms with E-state index in [1.807, 2.05) is 12.1 Å². The van der Waals surface area contributed by atoms with E-state index < -0.39 is 5.91 Å². The number of aromatic nitrogens is 1. The molecule has 1 saturated heterocycles. The van der Waals surface area contributed by atoms with Crippen LogP contribution >= 0.6 is 0 Å². The lowest BCUT2D eigenvalue weighted by Crippen LogP contribution is -2.36. The van der Waals surface area contributed by atoms with Crippen molar-refractivity contribution in [3.63, 3.8) is 0 Å². The Kier molecular flexibility index (Phi) is 8.18. The first-order chi connectivity index (χ1) is 19.5. The lowest BCUT2D eigenvalue weighted by Gasteiger charge is -2.30. The maximum atomic E-state index is 14.2. The molecule has 1 atom stereocenters. The van der Waals surface area contributed by atoms with Crippen LogP contribution in [0.1, 0.15) is 86.1 Å². The molecule has 6 rings (SSSR count). The van der Waals surface area contributed by atoms with Crippen molar-refractivity contribution in [3.05, 3.63) is 53.5 Å². The van der Waals surface area contributed by atoms with Gasteiger partial charge >= 0.3 is 0 Å². The van der Waals surface area contributed by atoms with E-state index in [9.17, 15) is 18.8 Å². The smallest absolute Gasteiger partial charge is 0.250 e. The molecule has 0 bridgehead atoms. The summed E-state index contributed by atoms with van der Waals surface area (Å²) in [5, 5.41) is 7.38. The molecule has 3 aromatic rings. The first-order valence-electron chi connectivity index (χ1n) is 14.6. The zero-order valence-corrected chi connectivity index (χ0v) is 23.9. The summed E-state index contributed by atoms with van der Waals surface area (Å²) >= 11 is 0. The Balaban J connectivity index is 0.000000365. The van der Waals surface area contributed by atoms with Crippen LogP contribution in [0.3, 0.4) is 0 Å². The van der Waals surface area contributed by atoms with Crippen LogP contribution < -0.4 is 22.1 Å². The highest BCUT2D eigenvalue weighted by molar-refractivity contribution is 6.06. The zero-order chi connectivity index (χ0) is 29.3. The molecule has 0 unspecified atom stereocenters. The van der Waals surface area contributed by atoms with Gasteiger partial charge in [0.15, 0.2) is 0 Å². The summed E-state index contributed by atoms with van der Waals surface area (Å²) in [6, 6.07) is 10.5. The predicted octanol–water partition coefficient (Wildman–Crippen LogP) is 5.13. The second-order valence-electron chi connectivity index (χ2n) is 12.4. The fourth-order valence-corrected chi connectivity index (χ4v) is 6.52. The van der Waals surface area contributed by atoms with Gasteiger partial charge in [-0.05, 0) is 80.0 Å². The van der Waals surface area contributed by atoms with E-state index in [1.54, 1.807) is 16.7 Å². The van der Waals surface area contributed by atoms with Gasteiger partial charge in [0.1, 0.15) is 5.82 Å². The van der Waals surface area contributed by atoms with Crippen LogP contribution in [0.2, 0.25) is 0 Å². The number of benzene rings is 2. The van der Waals surface area contributed by atoms with Gasteiger partial charge in [0.25, 0.3) is 5.91 Å². The molecule has 6 N–H and O–H groups in total. The first-order valence-corrected chi connectivity index (χ1v) is 14.6. The molecule has 2 aliphatic heterocycles. The van der Waals surface area contributed by atoms with Gasteiger partial charge in [-0.2, -0.15) is 0 Å². The molecule has 41 heavy (non-hydrogen) atoms. The van der Waals surface area contributed by atoms with Gasteiger partial charge in [0.05, 0.1) is 17.1 Å². The van der Waals surface area contributed by atoms with Crippen molar-refractivity contribution in [3.8, 4) is 11.1 Å². The molecule has 0 spiro atoms. The molecule has 218 valence electrons. The molecule has 3 heterocycles. The third kappa shape index (κ3) is 6.15. The number of hydrogen-bond acceptors (Lipinski definition) is 5. The lowest BCUT2D eigenvalue weighted by atomic mass is 9.80. The molecule has 3 aliphatic rings. The van der Waals surface area contributed by atoms with Crippen LogP contribution in [-0.4, -0.2) is 40.9 Å². The highest BCUT2D eigenvalue weighted by Gasteiger charge is 2.35. The summed E-state index contributed by atoms with van der Waals surface area (Å²) in [5.41, 5.74) is 15.0. The number of nitrogens with zero attached hydrogens (tertiary/aromatic N) is 1. The maximum Gasteiger partial charge on any atom is 0.250 e. The fourth-order valence-electron chi connectivity index (χ4n) is 6.52. The van der Waals surface area contributed by atoms with E-state index in [0.717, 1.165) is 60.1 Å². The Bertz CT molecular complexity index is 1480. The summed E-state index contributed by atoms with van der Waals surface area (Å²) in [5.74, 6) is -1.07. The van der Waals surface area contributed by atoms with Gasteiger partial charge < -0.3 is 22.1 Å². The quantitative estimate of drug-likeness (QED) is 0.343. The number of halogens is 1. The third-order valence-electron chi connectivity index (χ3n) is 8.50. The highest BCUT2D eigenvalue weighted by atomic mass is 19.1. The number of fused-ring (bicyclic) bond motifs is 3. The minimum atomic E-state index is -0.470. The standard InChI is InChI=1S/C27H30FN3O2.C5H10N2O/c1-27(2)14-23-25(20-11-9-17(28)13-22(20)31(23)24(32)15-27)16-8-10-19(26(29)33)21(12-16)30-18-6-4-3-5-7-18;6-5(8)4-2-1-3-7-4/h8-13,18,30H,3-7,14-15H2,1-2H3,(H2,29,33);4,7H,1-3H2,(H2,6,8)/t;4-/m.0/s1. The number of anilines is 1. The van der Waals surface area contributed by atoms with E-state index in [2.05, 4.69) is 24.5 Å². The number of rotatable bonds is 5. The summed E-state index contributed by atoms with van der Waals surface area (Å²) in [6.45, 7) is 5.11. The van der Waals surface area contributed by atoms with E-state index in [-0.39, 0.29) is 29.1 Å². The van der Waals surface area contributed by atoms with Crippen molar-refractivity contribution >= 4 is 34.3 Å². The molecule has 0 radical (unpaired) electrons. The van der Waals surface area contributed by atoms with Crippen molar-refractivity contribution in [2.45, 2.75) is 83.7 Å². The second-order valence-corrected chi connectivity index (χ2v) is 12.4. The average Bonchev–Trinajstić information content (AvgIpc) is 3.55. The Morgan fingerprint density at radius 1 is 1.00 bits per heavy atom. The van der Waals surface area contributed by atoms with Gasteiger partial charge in [-0.1, -0.05) is 39.2 Å². The Morgan fingerprint density at radius 2 is 1.76 bits per heavy atom. The van der Waals surface area contributed by atoms with Gasteiger partial charge in [-0.25, -0.2) is 4.39 Å². The minimum Gasteiger partial charge on any atom is -0.382 e. The molecular weight excluding hydrogens is 521 g/mol. The molecule has 1 aliphatic carbocycles. The second kappa shape index (κ2) is 11.6. The SMILES string of the molecule is CC1(C)CC(=O)n2c(c(-c3ccc(C(N)=O)c(NC4CCCCC4)c3)c3ccc(F)cc32)C1.NC(=O)[C@@H]1CCCN1. The van der Waals surface area contributed by atoms with Crippen LogP contribution in [0.15, 0.2) is 36.4 Å². The lowest BCUT2D eigenvalue weighted by molar-refractivity contribution is -0.119. The molecule has 9 heteroatoms. The summed E-state index contributed by atoms with van der Waals surface area (Å²) in [6.07, 6.45) is 8.81. The van der Waals surface area contributed by atoms with E-state index in [4.69, 9.17) is 11.5 Å². The van der Waals surface area contributed by atoms with Crippen molar-refractivity contribution in [1.82, 2.24) is 9.88 Å². The topological polar surface area (TPSA) is 132 Å². The number of amides is 2. The third-order valence-corrected chi connectivity index (χ3v) is 8.50. The summed E-state index contributed by atoms with van der Waals surface area (Å²) < 4.78 is 15.9. The first kappa shape index (κ1) is 28.8. The van der Waals surface area contributed by atoms with E-state index in [1.165, 1.54) is 31.4 Å². The summed E-state index contributed by atoms with van der Waals surface area (Å²) in [4.78, 5) is 35.6. The number of nitrogens with two attached hydrogens (primary N) is 2. The van der Waals surface area contributed by atoms with Gasteiger partial charge in [0.2, 0.25) is 11.8 Å². The Hall–Kier alpha value is -3.72. The highest BCUT2D eigenvalue weighted by Crippen LogP contribution is 2.43. The fraction of sp³-hybridized carbons (Fsp3) is 0.469.